The molecule has 4 heteroatoms. The standard InChI is InChI=1S/C17H22N2O2/c1-19(11-13-6-8-16(21-2)9-7-13)12-17(20)14-4-3-5-15(18)10-14/h3-10,17,20H,11-12,18H2,1-2H3. The summed E-state index contributed by atoms with van der Waals surface area (Å²) in [5.41, 5.74) is 8.44. The number of nitrogen functional groups attached to an aromatic ring is 1. The molecule has 0 spiro atoms. The van der Waals surface area contributed by atoms with Gasteiger partial charge in [0.15, 0.2) is 0 Å². The van der Waals surface area contributed by atoms with Crippen LogP contribution in [0.3, 0.4) is 0 Å². The number of rotatable bonds is 6. The van der Waals surface area contributed by atoms with E-state index in [9.17, 15) is 5.11 Å². The van der Waals surface area contributed by atoms with Crippen LogP contribution in [0.25, 0.3) is 0 Å². The van der Waals surface area contributed by atoms with E-state index in [0.29, 0.717) is 12.2 Å². The molecule has 0 aromatic heterocycles. The van der Waals surface area contributed by atoms with Gasteiger partial charge in [0.1, 0.15) is 5.75 Å². The molecule has 0 bridgehead atoms. The number of aliphatic hydroxyl groups excluding tert-OH is 1. The topological polar surface area (TPSA) is 58.7 Å². The van der Waals surface area contributed by atoms with Gasteiger partial charge in [0.2, 0.25) is 0 Å². The Balaban J connectivity index is 1.92. The summed E-state index contributed by atoms with van der Waals surface area (Å²) in [5.74, 6) is 0.848. The van der Waals surface area contributed by atoms with E-state index in [1.54, 1.807) is 7.11 Å². The molecule has 0 aliphatic heterocycles. The summed E-state index contributed by atoms with van der Waals surface area (Å²) < 4.78 is 5.14. The minimum Gasteiger partial charge on any atom is -0.497 e. The Morgan fingerprint density at radius 1 is 1.19 bits per heavy atom. The number of hydrogen-bond acceptors (Lipinski definition) is 4. The van der Waals surface area contributed by atoms with Crippen molar-refractivity contribution in [3.8, 4) is 5.75 Å². The normalized spacial score (nSPS) is 12.4. The highest BCUT2D eigenvalue weighted by Crippen LogP contribution is 2.18. The van der Waals surface area contributed by atoms with Crippen molar-refractivity contribution >= 4 is 5.69 Å². The van der Waals surface area contributed by atoms with E-state index in [0.717, 1.165) is 17.9 Å². The van der Waals surface area contributed by atoms with Crippen LogP contribution in [0.5, 0.6) is 5.75 Å². The third-order valence-corrected chi connectivity index (χ3v) is 3.39. The van der Waals surface area contributed by atoms with Gasteiger partial charge in [-0.05, 0) is 42.4 Å². The van der Waals surface area contributed by atoms with E-state index in [2.05, 4.69) is 4.90 Å². The molecule has 0 aliphatic carbocycles. The van der Waals surface area contributed by atoms with Crippen molar-refractivity contribution in [1.29, 1.82) is 0 Å². The van der Waals surface area contributed by atoms with E-state index in [4.69, 9.17) is 10.5 Å². The van der Waals surface area contributed by atoms with E-state index >= 15 is 0 Å². The predicted octanol–water partition coefficient (Wildman–Crippen LogP) is 2.44. The van der Waals surface area contributed by atoms with Crippen molar-refractivity contribution in [3.05, 3.63) is 59.7 Å². The van der Waals surface area contributed by atoms with Gasteiger partial charge in [-0.3, -0.25) is 4.90 Å². The molecule has 0 saturated carbocycles. The van der Waals surface area contributed by atoms with Crippen molar-refractivity contribution in [1.82, 2.24) is 4.90 Å². The largest absolute Gasteiger partial charge is 0.497 e. The zero-order chi connectivity index (χ0) is 15.2. The Bertz CT molecular complexity index is 569. The highest BCUT2D eigenvalue weighted by atomic mass is 16.5. The van der Waals surface area contributed by atoms with Crippen LogP contribution in [0, 0.1) is 0 Å². The summed E-state index contributed by atoms with van der Waals surface area (Å²) in [4.78, 5) is 2.08. The second kappa shape index (κ2) is 7.11. The highest BCUT2D eigenvalue weighted by molar-refractivity contribution is 5.41. The van der Waals surface area contributed by atoms with Gasteiger partial charge < -0.3 is 15.6 Å². The van der Waals surface area contributed by atoms with Crippen LogP contribution >= 0.6 is 0 Å². The van der Waals surface area contributed by atoms with Gasteiger partial charge in [-0.2, -0.15) is 0 Å². The Hall–Kier alpha value is -2.04. The summed E-state index contributed by atoms with van der Waals surface area (Å²) in [6.45, 7) is 1.32. The minimum absolute atomic E-state index is 0.545. The van der Waals surface area contributed by atoms with Crippen LogP contribution in [0.15, 0.2) is 48.5 Å². The molecule has 112 valence electrons. The molecular weight excluding hydrogens is 264 g/mol. The number of nitrogens with two attached hydrogens (primary N) is 1. The fraction of sp³-hybridized carbons (Fsp3) is 0.294. The maximum atomic E-state index is 10.3. The first-order valence-corrected chi connectivity index (χ1v) is 6.93. The minimum atomic E-state index is -0.545. The lowest BCUT2D eigenvalue weighted by atomic mass is 10.1. The Labute approximate surface area is 125 Å². The molecule has 3 N–H and O–H groups in total. The third kappa shape index (κ3) is 4.48. The highest BCUT2D eigenvalue weighted by Gasteiger charge is 2.11. The number of benzene rings is 2. The van der Waals surface area contributed by atoms with Gasteiger partial charge >= 0.3 is 0 Å². The molecule has 2 aromatic carbocycles. The summed E-state index contributed by atoms with van der Waals surface area (Å²) >= 11 is 0. The molecular formula is C17H22N2O2. The maximum absolute atomic E-state index is 10.3. The van der Waals surface area contributed by atoms with Crippen LogP contribution in [-0.2, 0) is 6.54 Å². The lowest BCUT2D eigenvalue weighted by molar-refractivity contribution is 0.124. The molecule has 1 atom stereocenters. The molecule has 0 fully saturated rings. The molecule has 0 aliphatic rings. The maximum Gasteiger partial charge on any atom is 0.118 e. The average Bonchev–Trinajstić information content (AvgIpc) is 2.48. The van der Waals surface area contributed by atoms with Gasteiger partial charge in [0.05, 0.1) is 13.2 Å². The second-order valence-electron chi connectivity index (χ2n) is 5.23. The molecule has 2 rings (SSSR count). The van der Waals surface area contributed by atoms with Crippen LogP contribution < -0.4 is 10.5 Å². The van der Waals surface area contributed by atoms with Crippen LogP contribution in [0.2, 0.25) is 0 Å². The smallest absolute Gasteiger partial charge is 0.118 e. The van der Waals surface area contributed by atoms with Gasteiger partial charge in [0.25, 0.3) is 0 Å². The Morgan fingerprint density at radius 3 is 2.52 bits per heavy atom. The van der Waals surface area contributed by atoms with Crippen molar-refractivity contribution in [2.75, 3.05) is 26.4 Å². The number of methoxy groups -OCH3 is 1. The van der Waals surface area contributed by atoms with Gasteiger partial charge in [0, 0.05) is 18.8 Å². The second-order valence-corrected chi connectivity index (χ2v) is 5.23. The van der Waals surface area contributed by atoms with Gasteiger partial charge in [-0.1, -0.05) is 24.3 Å². The molecule has 0 radical (unpaired) electrons. The van der Waals surface area contributed by atoms with Gasteiger partial charge in [-0.15, -0.1) is 0 Å². The van der Waals surface area contributed by atoms with Crippen molar-refractivity contribution in [3.63, 3.8) is 0 Å². The third-order valence-electron chi connectivity index (χ3n) is 3.39. The molecule has 0 saturated heterocycles. The fourth-order valence-corrected chi connectivity index (χ4v) is 2.27. The number of ether oxygens (including phenoxy) is 1. The number of aliphatic hydroxyl groups is 1. The number of hydrogen-bond donors (Lipinski definition) is 2. The van der Waals surface area contributed by atoms with Gasteiger partial charge in [-0.25, -0.2) is 0 Å². The molecule has 4 nitrogen and oxygen atoms in total. The summed E-state index contributed by atoms with van der Waals surface area (Å²) in [5, 5.41) is 10.3. The average molecular weight is 286 g/mol. The Morgan fingerprint density at radius 2 is 1.90 bits per heavy atom. The molecule has 0 amide bonds. The molecule has 1 unspecified atom stereocenters. The zero-order valence-electron chi connectivity index (χ0n) is 12.5. The number of likely N-dealkylation sites (N-methyl/N-ethyl adjacent to an activating group) is 1. The van der Waals surface area contributed by atoms with Crippen molar-refractivity contribution in [2.45, 2.75) is 12.6 Å². The van der Waals surface area contributed by atoms with E-state index in [1.165, 1.54) is 5.56 Å². The summed E-state index contributed by atoms with van der Waals surface area (Å²) in [6, 6.07) is 15.3. The first-order valence-electron chi connectivity index (χ1n) is 6.93. The van der Waals surface area contributed by atoms with Crippen molar-refractivity contribution < 1.29 is 9.84 Å². The quantitative estimate of drug-likeness (QED) is 0.801. The SMILES string of the molecule is COc1ccc(CN(C)CC(O)c2cccc(N)c2)cc1. The van der Waals surface area contributed by atoms with Crippen LogP contribution in [-0.4, -0.2) is 30.7 Å². The molecule has 21 heavy (non-hydrogen) atoms. The van der Waals surface area contributed by atoms with E-state index in [-0.39, 0.29) is 0 Å². The lowest BCUT2D eigenvalue weighted by Crippen LogP contribution is -2.24. The monoisotopic (exact) mass is 286 g/mol. The number of nitrogens with zero attached hydrogens (tertiary/aromatic N) is 1. The molecule has 0 heterocycles. The first kappa shape index (κ1) is 15.4. The van der Waals surface area contributed by atoms with Crippen LogP contribution in [0.4, 0.5) is 5.69 Å². The van der Waals surface area contributed by atoms with E-state index < -0.39 is 6.10 Å². The predicted molar refractivity (Wildman–Crippen MR) is 85.1 cm³/mol. The molecule has 2 aromatic rings. The number of anilines is 1. The Kier molecular flexibility index (Phi) is 5.20. The fourth-order valence-electron chi connectivity index (χ4n) is 2.27. The van der Waals surface area contributed by atoms with E-state index in [1.807, 2.05) is 55.6 Å². The first-order chi connectivity index (χ1) is 10.1. The zero-order valence-corrected chi connectivity index (χ0v) is 12.5. The summed E-state index contributed by atoms with van der Waals surface area (Å²) in [7, 11) is 3.64. The lowest BCUT2D eigenvalue weighted by Gasteiger charge is -2.21. The van der Waals surface area contributed by atoms with Crippen LogP contribution in [0.1, 0.15) is 17.2 Å². The summed E-state index contributed by atoms with van der Waals surface area (Å²) in [6.07, 6.45) is -0.545. The van der Waals surface area contributed by atoms with Crippen molar-refractivity contribution in [2.24, 2.45) is 0 Å².